The van der Waals surface area contributed by atoms with Gasteiger partial charge >= 0.3 is 6.16 Å². The number of hydrogen-bond donors (Lipinski definition) is 2. The molecule has 1 aromatic heterocycles. The molecule has 0 unspecified atom stereocenters. The number of nitrogens with one attached hydrogen (secondary N) is 2. The monoisotopic (exact) mass is 481 g/mol. The SMILES string of the molecule is CC(C)(C)OC(=O)ON1CCC(Nc2cc(Nc3ccc(S(C)(=O)=O)cc3F)ncn2)CC1. The molecular formula is C21H28FN5O5S. The minimum atomic E-state index is -3.50. The number of piperidine rings is 1. The Labute approximate surface area is 192 Å². The van der Waals surface area contributed by atoms with Crippen LogP contribution in [0.3, 0.4) is 0 Å². The minimum Gasteiger partial charge on any atom is -0.427 e. The summed E-state index contributed by atoms with van der Waals surface area (Å²) in [5, 5.41) is 7.71. The molecule has 2 aromatic rings. The summed E-state index contributed by atoms with van der Waals surface area (Å²) in [6.45, 7) is 6.38. The number of carbonyl (C=O) groups excluding carboxylic acids is 1. The Hall–Kier alpha value is -2.99. The maximum Gasteiger partial charge on any atom is 0.528 e. The van der Waals surface area contributed by atoms with Crippen LogP contribution in [0.25, 0.3) is 0 Å². The van der Waals surface area contributed by atoms with Gasteiger partial charge in [0.15, 0.2) is 9.84 Å². The number of hydrogen-bond acceptors (Lipinski definition) is 10. The summed E-state index contributed by atoms with van der Waals surface area (Å²) in [5.74, 6) is 0.194. The van der Waals surface area contributed by atoms with Crippen molar-refractivity contribution in [3.8, 4) is 0 Å². The molecule has 33 heavy (non-hydrogen) atoms. The smallest absolute Gasteiger partial charge is 0.427 e. The number of carbonyl (C=O) groups is 1. The van der Waals surface area contributed by atoms with E-state index in [4.69, 9.17) is 9.57 Å². The van der Waals surface area contributed by atoms with Gasteiger partial charge in [-0.2, -0.15) is 0 Å². The predicted molar refractivity (Wildman–Crippen MR) is 120 cm³/mol. The lowest BCUT2D eigenvalue weighted by molar-refractivity contribution is -0.151. The van der Waals surface area contributed by atoms with E-state index in [1.165, 1.54) is 18.5 Å². The minimum absolute atomic E-state index is 0.0945. The number of nitrogens with zero attached hydrogens (tertiary/aromatic N) is 3. The van der Waals surface area contributed by atoms with Crippen LogP contribution >= 0.6 is 0 Å². The molecule has 0 atom stereocenters. The number of sulfone groups is 1. The zero-order valence-corrected chi connectivity index (χ0v) is 19.8. The molecule has 0 bridgehead atoms. The highest BCUT2D eigenvalue weighted by molar-refractivity contribution is 7.90. The lowest BCUT2D eigenvalue weighted by Crippen LogP contribution is -2.41. The Morgan fingerprint density at radius 1 is 1.15 bits per heavy atom. The van der Waals surface area contributed by atoms with Crippen LogP contribution in [0.2, 0.25) is 0 Å². The van der Waals surface area contributed by atoms with Gasteiger partial charge in [0.05, 0.1) is 10.6 Å². The summed E-state index contributed by atoms with van der Waals surface area (Å²) in [5.41, 5.74) is -0.520. The third-order valence-corrected chi connectivity index (χ3v) is 5.81. The van der Waals surface area contributed by atoms with Gasteiger partial charge in [-0.15, -0.1) is 5.06 Å². The molecule has 2 heterocycles. The Bertz CT molecular complexity index is 1100. The average molecular weight is 482 g/mol. The molecule has 0 aliphatic carbocycles. The molecule has 1 aromatic carbocycles. The molecule has 1 aliphatic rings. The fraction of sp³-hybridized carbons (Fsp3) is 0.476. The third-order valence-electron chi connectivity index (χ3n) is 4.70. The zero-order valence-electron chi connectivity index (χ0n) is 19.0. The number of ether oxygens (including phenoxy) is 1. The van der Waals surface area contributed by atoms with E-state index < -0.39 is 27.4 Å². The van der Waals surface area contributed by atoms with Crippen LogP contribution in [0.4, 0.5) is 26.5 Å². The summed E-state index contributed by atoms with van der Waals surface area (Å²) in [4.78, 5) is 25.2. The highest BCUT2D eigenvalue weighted by atomic mass is 32.2. The number of aromatic nitrogens is 2. The number of rotatable bonds is 6. The first-order chi connectivity index (χ1) is 15.4. The first kappa shape index (κ1) is 24.6. The van der Waals surface area contributed by atoms with Gasteiger partial charge in [-0.05, 0) is 51.8 Å². The molecule has 1 saturated heterocycles. The highest BCUT2D eigenvalue weighted by Gasteiger charge is 2.25. The predicted octanol–water partition coefficient (Wildman–Crippen LogP) is 3.51. The van der Waals surface area contributed by atoms with Gasteiger partial charge in [-0.1, -0.05) is 0 Å². The van der Waals surface area contributed by atoms with Gasteiger partial charge in [-0.25, -0.2) is 27.6 Å². The Morgan fingerprint density at radius 3 is 2.42 bits per heavy atom. The number of hydroxylamine groups is 2. The van der Waals surface area contributed by atoms with E-state index in [0.29, 0.717) is 37.6 Å². The summed E-state index contributed by atoms with van der Waals surface area (Å²) >= 11 is 0. The van der Waals surface area contributed by atoms with Crippen LogP contribution in [0.15, 0.2) is 35.5 Å². The van der Waals surface area contributed by atoms with Crippen LogP contribution in [0.1, 0.15) is 33.6 Å². The molecule has 180 valence electrons. The van der Waals surface area contributed by atoms with Gasteiger partial charge in [0.2, 0.25) is 0 Å². The van der Waals surface area contributed by atoms with E-state index in [1.807, 2.05) is 0 Å². The van der Waals surface area contributed by atoms with Crippen LogP contribution < -0.4 is 10.6 Å². The quantitative estimate of drug-likeness (QED) is 0.593. The largest absolute Gasteiger partial charge is 0.528 e. The second kappa shape index (κ2) is 9.87. The van der Waals surface area contributed by atoms with E-state index >= 15 is 0 Å². The van der Waals surface area contributed by atoms with Crippen LogP contribution in [-0.4, -0.2) is 60.6 Å². The molecule has 0 radical (unpaired) electrons. The normalized spacial score (nSPS) is 15.7. The zero-order chi connectivity index (χ0) is 24.2. The summed E-state index contributed by atoms with van der Waals surface area (Å²) < 4.78 is 42.6. The van der Waals surface area contributed by atoms with Crippen molar-refractivity contribution in [1.82, 2.24) is 15.0 Å². The summed E-state index contributed by atoms with van der Waals surface area (Å²) in [6.07, 6.45) is 3.05. The second-order valence-electron chi connectivity index (χ2n) is 8.73. The number of anilines is 3. The third kappa shape index (κ3) is 7.53. The van der Waals surface area contributed by atoms with Crippen molar-refractivity contribution in [2.24, 2.45) is 0 Å². The standard InChI is InChI=1S/C21H28FN5O5S/c1-21(2,3)31-20(28)32-27-9-7-14(8-10-27)25-18-12-19(24-13-23-18)26-17-6-5-15(11-16(17)22)33(4,29)30/h5-6,11-14H,7-10H2,1-4H3,(H2,23,24,25,26). The lowest BCUT2D eigenvalue weighted by Gasteiger charge is -2.31. The van der Waals surface area contributed by atoms with Crippen molar-refractivity contribution in [2.75, 3.05) is 30.0 Å². The maximum atomic E-state index is 14.3. The van der Waals surface area contributed by atoms with E-state index in [1.54, 1.807) is 31.9 Å². The van der Waals surface area contributed by atoms with E-state index in [0.717, 1.165) is 12.3 Å². The highest BCUT2D eigenvalue weighted by Crippen LogP contribution is 2.23. The van der Waals surface area contributed by atoms with Crippen molar-refractivity contribution in [2.45, 2.75) is 50.2 Å². The van der Waals surface area contributed by atoms with Crippen molar-refractivity contribution in [1.29, 1.82) is 0 Å². The molecule has 3 rings (SSSR count). The van der Waals surface area contributed by atoms with E-state index in [-0.39, 0.29) is 16.6 Å². The van der Waals surface area contributed by atoms with Crippen LogP contribution in [0.5, 0.6) is 0 Å². The maximum absolute atomic E-state index is 14.3. The van der Waals surface area contributed by atoms with Gasteiger partial charge in [0, 0.05) is 31.5 Å². The lowest BCUT2D eigenvalue weighted by atomic mass is 10.1. The number of halogens is 1. The molecule has 0 saturated carbocycles. The van der Waals surface area contributed by atoms with Gasteiger partial charge in [0.25, 0.3) is 0 Å². The molecule has 0 spiro atoms. The Kier molecular flexibility index (Phi) is 7.38. The molecule has 0 amide bonds. The molecule has 10 nitrogen and oxygen atoms in total. The van der Waals surface area contributed by atoms with Crippen molar-refractivity contribution in [3.05, 3.63) is 36.4 Å². The summed E-state index contributed by atoms with van der Waals surface area (Å²) in [7, 11) is -3.50. The topological polar surface area (TPSA) is 123 Å². The van der Waals surface area contributed by atoms with Crippen LogP contribution in [-0.2, 0) is 19.4 Å². The van der Waals surface area contributed by atoms with Crippen LogP contribution in [0, 0.1) is 5.82 Å². The van der Waals surface area contributed by atoms with E-state index in [9.17, 15) is 17.6 Å². The molecule has 1 aliphatic heterocycles. The fourth-order valence-corrected chi connectivity index (χ4v) is 3.78. The van der Waals surface area contributed by atoms with Crippen molar-refractivity contribution >= 4 is 33.3 Å². The van der Waals surface area contributed by atoms with Gasteiger partial charge in [0.1, 0.15) is 29.4 Å². The van der Waals surface area contributed by atoms with E-state index in [2.05, 4.69) is 20.6 Å². The molecular weight excluding hydrogens is 453 g/mol. The Morgan fingerprint density at radius 2 is 1.82 bits per heavy atom. The van der Waals surface area contributed by atoms with Crippen molar-refractivity contribution < 1.29 is 27.2 Å². The second-order valence-corrected chi connectivity index (χ2v) is 10.7. The number of benzene rings is 1. The molecule has 2 N–H and O–H groups in total. The molecule has 1 fully saturated rings. The van der Waals surface area contributed by atoms with Crippen molar-refractivity contribution in [3.63, 3.8) is 0 Å². The average Bonchev–Trinajstić information content (AvgIpc) is 2.69. The summed E-state index contributed by atoms with van der Waals surface area (Å²) in [6, 6.07) is 5.37. The van der Waals surface area contributed by atoms with Gasteiger partial charge < -0.3 is 20.2 Å². The first-order valence-electron chi connectivity index (χ1n) is 10.4. The molecule has 12 heteroatoms. The fourth-order valence-electron chi connectivity index (χ4n) is 3.15. The van der Waals surface area contributed by atoms with Gasteiger partial charge in [-0.3, -0.25) is 0 Å². The Balaban J connectivity index is 1.54. The first-order valence-corrected chi connectivity index (χ1v) is 12.3.